The maximum atomic E-state index is 12.6. The second-order valence-electron chi connectivity index (χ2n) is 6.69. The lowest BCUT2D eigenvalue weighted by atomic mass is 10.1. The van der Waals surface area contributed by atoms with Gasteiger partial charge in [-0.25, -0.2) is 0 Å². The number of aromatic nitrogens is 2. The molecule has 0 spiro atoms. The van der Waals surface area contributed by atoms with Gasteiger partial charge in [0.2, 0.25) is 17.6 Å². The molecule has 0 N–H and O–H groups in total. The van der Waals surface area contributed by atoms with Gasteiger partial charge >= 0.3 is 0 Å². The fraction of sp³-hybridized carbons (Fsp3) is 0.227. The summed E-state index contributed by atoms with van der Waals surface area (Å²) in [7, 11) is 0. The third-order valence-corrected chi connectivity index (χ3v) is 4.17. The summed E-state index contributed by atoms with van der Waals surface area (Å²) >= 11 is 0. The fourth-order valence-electron chi connectivity index (χ4n) is 2.71. The minimum absolute atomic E-state index is 0.00671. The van der Waals surface area contributed by atoms with Crippen molar-refractivity contribution >= 4 is 12.0 Å². The van der Waals surface area contributed by atoms with Crippen molar-refractivity contribution in [2.75, 3.05) is 0 Å². The Morgan fingerprint density at radius 1 is 1.15 bits per heavy atom. The smallest absolute Gasteiger partial charge is 0.247 e. The van der Waals surface area contributed by atoms with Crippen molar-refractivity contribution in [3.63, 3.8) is 0 Å². The molecule has 5 nitrogen and oxygen atoms in total. The summed E-state index contributed by atoms with van der Waals surface area (Å²) < 4.78 is 5.37. The first-order valence-electron chi connectivity index (χ1n) is 8.96. The van der Waals surface area contributed by atoms with Crippen LogP contribution in [0.15, 0.2) is 65.2 Å². The van der Waals surface area contributed by atoms with Gasteiger partial charge < -0.3 is 9.42 Å². The minimum atomic E-state index is -0.0934. The Bertz CT molecular complexity index is 929. The molecule has 0 fully saturated rings. The first-order chi connectivity index (χ1) is 13.0. The number of carbonyl (C=O) groups excluding carboxylic acids is 1. The van der Waals surface area contributed by atoms with Crippen molar-refractivity contribution in [2.24, 2.45) is 0 Å². The topological polar surface area (TPSA) is 59.2 Å². The van der Waals surface area contributed by atoms with Gasteiger partial charge in [0.15, 0.2) is 0 Å². The largest absolute Gasteiger partial charge is 0.337 e. The molecule has 138 valence electrons. The van der Waals surface area contributed by atoms with E-state index in [2.05, 4.69) is 10.1 Å². The van der Waals surface area contributed by atoms with E-state index in [-0.39, 0.29) is 18.5 Å². The molecule has 0 radical (unpaired) electrons. The zero-order valence-corrected chi connectivity index (χ0v) is 15.8. The van der Waals surface area contributed by atoms with Gasteiger partial charge in [-0.1, -0.05) is 59.3 Å². The van der Waals surface area contributed by atoms with Crippen LogP contribution in [0.1, 0.15) is 30.9 Å². The summed E-state index contributed by atoms with van der Waals surface area (Å²) in [6.07, 6.45) is 3.39. The van der Waals surface area contributed by atoms with E-state index in [4.69, 9.17) is 4.52 Å². The second-order valence-corrected chi connectivity index (χ2v) is 6.69. The molecule has 2 aromatic carbocycles. The number of nitrogens with zero attached hydrogens (tertiary/aromatic N) is 3. The highest BCUT2D eigenvalue weighted by atomic mass is 16.5. The number of hydrogen-bond acceptors (Lipinski definition) is 4. The Morgan fingerprint density at radius 3 is 2.63 bits per heavy atom. The minimum Gasteiger partial charge on any atom is -0.337 e. The van der Waals surface area contributed by atoms with E-state index in [0.717, 1.165) is 16.7 Å². The molecule has 0 saturated carbocycles. The predicted octanol–water partition coefficient (Wildman–Crippen LogP) is 4.50. The molecule has 3 rings (SSSR count). The molecule has 0 aliphatic heterocycles. The average molecular weight is 361 g/mol. The van der Waals surface area contributed by atoms with Crippen molar-refractivity contribution in [1.82, 2.24) is 15.0 Å². The highest BCUT2D eigenvalue weighted by Crippen LogP contribution is 2.18. The molecule has 0 bridgehead atoms. The van der Waals surface area contributed by atoms with Gasteiger partial charge in [-0.2, -0.15) is 4.98 Å². The summed E-state index contributed by atoms with van der Waals surface area (Å²) in [4.78, 5) is 18.8. The van der Waals surface area contributed by atoms with Crippen LogP contribution in [0, 0.1) is 6.92 Å². The van der Waals surface area contributed by atoms with Crippen molar-refractivity contribution in [3.05, 3.63) is 77.7 Å². The zero-order valence-electron chi connectivity index (χ0n) is 15.8. The van der Waals surface area contributed by atoms with Crippen LogP contribution in [-0.4, -0.2) is 27.0 Å². The molecular formula is C22H23N3O2. The van der Waals surface area contributed by atoms with Gasteiger partial charge in [-0.3, -0.25) is 4.79 Å². The molecule has 3 aromatic rings. The van der Waals surface area contributed by atoms with Crippen LogP contribution in [0.2, 0.25) is 0 Å². The number of aryl methyl sites for hydroxylation is 1. The molecule has 5 heteroatoms. The number of benzene rings is 2. The Kier molecular flexibility index (Phi) is 5.81. The number of hydrogen-bond donors (Lipinski definition) is 0. The summed E-state index contributed by atoms with van der Waals surface area (Å²) in [5.74, 6) is 0.857. The third-order valence-electron chi connectivity index (χ3n) is 4.17. The Morgan fingerprint density at radius 2 is 1.93 bits per heavy atom. The maximum Gasteiger partial charge on any atom is 0.247 e. The lowest BCUT2D eigenvalue weighted by molar-refractivity contribution is -0.128. The van der Waals surface area contributed by atoms with Crippen LogP contribution in [0.25, 0.3) is 17.5 Å². The Labute approximate surface area is 159 Å². The molecule has 0 aliphatic rings. The maximum absolute atomic E-state index is 12.6. The van der Waals surface area contributed by atoms with Crippen LogP contribution in [0.4, 0.5) is 0 Å². The lowest BCUT2D eigenvalue weighted by Crippen LogP contribution is -2.35. The predicted molar refractivity (Wildman–Crippen MR) is 106 cm³/mol. The SMILES string of the molecule is Cc1cccc(-c2noc(CN(C(=O)/C=C/c3ccccc3)C(C)C)n2)c1. The molecule has 0 atom stereocenters. The Hall–Kier alpha value is -3.21. The molecule has 0 saturated heterocycles. The van der Waals surface area contributed by atoms with Gasteiger partial charge in [-0.15, -0.1) is 0 Å². The quantitative estimate of drug-likeness (QED) is 0.607. The van der Waals surface area contributed by atoms with E-state index in [1.165, 1.54) is 0 Å². The number of rotatable bonds is 6. The monoisotopic (exact) mass is 361 g/mol. The molecule has 0 unspecified atom stereocenters. The van der Waals surface area contributed by atoms with Gasteiger partial charge in [0.05, 0.1) is 0 Å². The van der Waals surface area contributed by atoms with Crippen LogP contribution in [0.5, 0.6) is 0 Å². The summed E-state index contributed by atoms with van der Waals surface area (Å²) in [6.45, 7) is 6.22. The van der Waals surface area contributed by atoms with Crippen molar-refractivity contribution in [1.29, 1.82) is 0 Å². The number of amides is 1. The summed E-state index contributed by atoms with van der Waals surface area (Å²) in [6, 6.07) is 17.7. The molecule has 1 heterocycles. The van der Waals surface area contributed by atoms with Crippen LogP contribution in [-0.2, 0) is 11.3 Å². The normalized spacial score (nSPS) is 11.3. The molecule has 1 aromatic heterocycles. The average Bonchev–Trinajstić information content (AvgIpc) is 3.13. The van der Waals surface area contributed by atoms with E-state index < -0.39 is 0 Å². The first-order valence-corrected chi connectivity index (χ1v) is 8.96. The highest BCUT2D eigenvalue weighted by molar-refractivity contribution is 5.91. The van der Waals surface area contributed by atoms with Crippen molar-refractivity contribution in [2.45, 2.75) is 33.4 Å². The van der Waals surface area contributed by atoms with Crippen LogP contribution in [0.3, 0.4) is 0 Å². The number of carbonyl (C=O) groups is 1. The van der Waals surface area contributed by atoms with Crippen LogP contribution < -0.4 is 0 Å². The van der Waals surface area contributed by atoms with E-state index in [1.54, 1.807) is 11.0 Å². The molecular weight excluding hydrogens is 338 g/mol. The summed E-state index contributed by atoms with van der Waals surface area (Å²) in [5, 5.41) is 4.05. The molecule has 0 aliphatic carbocycles. The highest BCUT2D eigenvalue weighted by Gasteiger charge is 2.19. The van der Waals surface area contributed by atoms with E-state index >= 15 is 0 Å². The van der Waals surface area contributed by atoms with Gasteiger partial charge in [-0.05, 0) is 38.5 Å². The molecule has 1 amide bonds. The van der Waals surface area contributed by atoms with Gasteiger partial charge in [0, 0.05) is 17.7 Å². The fourth-order valence-corrected chi connectivity index (χ4v) is 2.71. The van der Waals surface area contributed by atoms with Gasteiger partial charge in [0.25, 0.3) is 0 Å². The van der Waals surface area contributed by atoms with Crippen molar-refractivity contribution in [3.8, 4) is 11.4 Å². The third kappa shape index (κ3) is 4.91. The van der Waals surface area contributed by atoms with E-state index in [0.29, 0.717) is 11.7 Å². The zero-order chi connectivity index (χ0) is 19.2. The van der Waals surface area contributed by atoms with E-state index in [1.807, 2.05) is 81.4 Å². The first kappa shape index (κ1) is 18.6. The standard InChI is InChI=1S/C22H23N3O2/c1-16(2)25(21(26)13-12-18-9-5-4-6-10-18)15-20-23-22(24-27-20)19-11-7-8-17(3)14-19/h4-14,16H,15H2,1-3H3/b13-12+. The summed E-state index contributed by atoms with van der Waals surface area (Å²) in [5.41, 5.74) is 3.01. The molecule has 27 heavy (non-hydrogen) atoms. The Balaban J connectivity index is 1.73. The van der Waals surface area contributed by atoms with Crippen LogP contribution >= 0.6 is 0 Å². The second kappa shape index (κ2) is 8.45. The van der Waals surface area contributed by atoms with Gasteiger partial charge in [0.1, 0.15) is 6.54 Å². The van der Waals surface area contributed by atoms with E-state index in [9.17, 15) is 4.79 Å². The van der Waals surface area contributed by atoms with Crippen molar-refractivity contribution < 1.29 is 9.32 Å². The lowest BCUT2D eigenvalue weighted by Gasteiger charge is -2.23.